The molecule has 3 heterocycles. The summed E-state index contributed by atoms with van der Waals surface area (Å²) < 4.78 is 22.1. The maximum absolute atomic E-state index is 13.1. The fourth-order valence-corrected chi connectivity index (χ4v) is 3.95. The molecule has 0 atom stereocenters. The number of aromatic amines is 2. The lowest BCUT2D eigenvalue weighted by Gasteiger charge is -2.06. The van der Waals surface area contributed by atoms with Gasteiger partial charge in [-0.1, -0.05) is 12.1 Å². The van der Waals surface area contributed by atoms with E-state index in [1.54, 1.807) is 55.5 Å². The first-order valence-electron chi connectivity index (χ1n) is 11.3. The van der Waals surface area contributed by atoms with Crippen LogP contribution >= 0.6 is 0 Å². The Morgan fingerprint density at radius 2 is 1.73 bits per heavy atom. The minimum Gasteiger partial charge on any atom is -0.493 e. The molecule has 0 saturated heterocycles. The summed E-state index contributed by atoms with van der Waals surface area (Å²) in [6.45, 7) is 2.04. The predicted octanol–water partition coefficient (Wildman–Crippen LogP) is 3.51. The van der Waals surface area contributed by atoms with Crippen LogP contribution in [0.15, 0.2) is 67.6 Å². The number of esters is 1. The van der Waals surface area contributed by atoms with E-state index in [9.17, 15) is 14.4 Å². The number of rotatable bonds is 7. The molecule has 2 aromatic carbocycles. The van der Waals surface area contributed by atoms with E-state index in [1.165, 1.54) is 20.4 Å². The van der Waals surface area contributed by atoms with Crippen molar-refractivity contribution >= 4 is 34.1 Å². The summed E-state index contributed by atoms with van der Waals surface area (Å²) in [5.41, 5.74) is 0.908. The number of hydrogen-bond donors (Lipinski definition) is 2. The molecule has 0 spiro atoms. The van der Waals surface area contributed by atoms with Gasteiger partial charge < -0.3 is 28.6 Å². The molecular weight excluding hydrogens is 480 g/mol. The number of nitrogens with zero attached hydrogens (tertiary/aromatic N) is 2. The number of carbonyl (C=O) groups is 1. The van der Waals surface area contributed by atoms with Crippen molar-refractivity contribution in [2.45, 2.75) is 6.92 Å². The summed E-state index contributed by atoms with van der Waals surface area (Å²) in [5.74, 6) is 1.38. The fourth-order valence-electron chi connectivity index (χ4n) is 3.95. The van der Waals surface area contributed by atoms with Crippen LogP contribution in [0.5, 0.6) is 11.5 Å². The maximum atomic E-state index is 13.1. The number of methoxy groups -OCH3 is 2. The van der Waals surface area contributed by atoms with Crippen molar-refractivity contribution in [1.82, 2.24) is 14.6 Å². The Morgan fingerprint density at radius 3 is 2.43 bits per heavy atom. The molecule has 0 aliphatic carbocycles. The van der Waals surface area contributed by atoms with Crippen LogP contribution in [0.4, 0.5) is 0 Å². The molecule has 0 aliphatic heterocycles. The SMILES string of the molecule is CCOC(=O)c1ccc(-c2ccc(C=Nn3c(=O)[nH]c4c([nH]c5cc(OC)c(OC)cc54)c3=O)o2)cc1. The van der Waals surface area contributed by atoms with Gasteiger partial charge >= 0.3 is 17.2 Å². The Bertz CT molecular complexity index is 1770. The lowest BCUT2D eigenvalue weighted by molar-refractivity contribution is 0.0526. The van der Waals surface area contributed by atoms with Crippen molar-refractivity contribution in [3.63, 3.8) is 0 Å². The Balaban J connectivity index is 1.46. The molecule has 0 saturated carbocycles. The normalized spacial score (nSPS) is 11.4. The number of fused-ring (bicyclic) bond motifs is 3. The summed E-state index contributed by atoms with van der Waals surface area (Å²) in [4.78, 5) is 43.3. The van der Waals surface area contributed by atoms with Crippen molar-refractivity contribution in [2.24, 2.45) is 5.10 Å². The zero-order valence-electron chi connectivity index (χ0n) is 20.2. The van der Waals surface area contributed by atoms with Gasteiger partial charge in [0.1, 0.15) is 17.0 Å². The van der Waals surface area contributed by atoms with E-state index in [2.05, 4.69) is 15.1 Å². The number of aromatic nitrogens is 3. The van der Waals surface area contributed by atoms with Gasteiger partial charge in [0.05, 0.1) is 43.6 Å². The summed E-state index contributed by atoms with van der Waals surface area (Å²) in [6.07, 6.45) is 1.27. The molecule has 0 aliphatic rings. The average molecular weight is 502 g/mol. The highest BCUT2D eigenvalue weighted by Gasteiger charge is 2.16. The number of hydrogen-bond acceptors (Lipinski definition) is 8. The van der Waals surface area contributed by atoms with E-state index in [4.69, 9.17) is 18.6 Å². The molecule has 0 amide bonds. The molecule has 0 unspecified atom stereocenters. The summed E-state index contributed by atoms with van der Waals surface area (Å²) >= 11 is 0. The highest BCUT2D eigenvalue weighted by atomic mass is 16.5. The van der Waals surface area contributed by atoms with Gasteiger partial charge in [0.2, 0.25) is 0 Å². The minimum atomic E-state index is -0.717. The molecule has 3 aromatic heterocycles. The third-order valence-electron chi connectivity index (χ3n) is 5.74. The standard InChI is InChI=1S/C26H22N4O7/c1-4-36-25(32)15-7-5-14(6-8-15)19-10-9-16(37-19)13-27-30-24(31)23-22(29-26(30)33)17-11-20(34-2)21(35-3)12-18(17)28-23/h5-13,28H,4H2,1-3H3,(H,29,33). The van der Waals surface area contributed by atoms with Gasteiger partial charge in [0.25, 0.3) is 0 Å². The molecule has 5 aromatic rings. The molecule has 0 radical (unpaired) electrons. The Kier molecular flexibility index (Phi) is 6.10. The Hall–Kier alpha value is -5.06. The van der Waals surface area contributed by atoms with E-state index < -0.39 is 17.2 Å². The third kappa shape index (κ3) is 4.27. The quantitative estimate of drug-likeness (QED) is 0.256. The van der Waals surface area contributed by atoms with E-state index in [-0.39, 0.29) is 5.52 Å². The zero-order valence-corrected chi connectivity index (χ0v) is 20.2. The van der Waals surface area contributed by atoms with Crippen molar-refractivity contribution in [3.8, 4) is 22.8 Å². The second-order valence-electron chi connectivity index (χ2n) is 7.92. The Labute approximate surface area is 208 Å². The molecule has 188 valence electrons. The first-order chi connectivity index (χ1) is 17.9. The number of H-pyrrole nitrogens is 2. The second kappa shape index (κ2) is 9.53. The van der Waals surface area contributed by atoms with Crippen LogP contribution < -0.4 is 20.7 Å². The van der Waals surface area contributed by atoms with E-state index >= 15 is 0 Å². The van der Waals surface area contributed by atoms with Gasteiger partial charge in [0, 0.05) is 17.0 Å². The topological polar surface area (TPSA) is 141 Å². The molecular formula is C26H22N4O7. The van der Waals surface area contributed by atoms with Crippen LogP contribution in [0, 0.1) is 0 Å². The number of furan rings is 1. The summed E-state index contributed by atoms with van der Waals surface area (Å²) in [6, 6.07) is 13.5. The number of carbonyl (C=O) groups excluding carboxylic acids is 1. The lowest BCUT2D eigenvalue weighted by atomic mass is 10.1. The summed E-state index contributed by atoms with van der Waals surface area (Å²) in [5, 5.41) is 4.64. The molecule has 37 heavy (non-hydrogen) atoms. The minimum absolute atomic E-state index is 0.170. The van der Waals surface area contributed by atoms with Crippen molar-refractivity contribution < 1.29 is 23.4 Å². The van der Waals surface area contributed by atoms with E-state index in [0.717, 1.165) is 5.56 Å². The van der Waals surface area contributed by atoms with E-state index in [1.807, 2.05) is 0 Å². The molecule has 0 fully saturated rings. The van der Waals surface area contributed by atoms with Crippen LogP contribution in [0.25, 0.3) is 33.3 Å². The molecule has 0 bridgehead atoms. The molecule has 11 nitrogen and oxygen atoms in total. The lowest BCUT2D eigenvalue weighted by Crippen LogP contribution is -2.32. The number of nitrogens with one attached hydrogen (secondary N) is 2. The Morgan fingerprint density at radius 1 is 1.00 bits per heavy atom. The van der Waals surface area contributed by atoms with Crippen molar-refractivity contribution in [1.29, 1.82) is 0 Å². The van der Waals surface area contributed by atoms with Crippen LogP contribution in [0.1, 0.15) is 23.0 Å². The number of benzene rings is 2. The highest BCUT2D eigenvalue weighted by molar-refractivity contribution is 6.05. The smallest absolute Gasteiger partial charge is 0.350 e. The molecule has 5 rings (SSSR count). The van der Waals surface area contributed by atoms with Gasteiger partial charge in [-0.05, 0) is 37.3 Å². The zero-order chi connectivity index (χ0) is 26.1. The monoisotopic (exact) mass is 502 g/mol. The highest BCUT2D eigenvalue weighted by Crippen LogP contribution is 2.34. The first kappa shape index (κ1) is 23.7. The van der Waals surface area contributed by atoms with Crippen LogP contribution in [-0.2, 0) is 4.74 Å². The average Bonchev–Trinajstić information content (AvgIpc) is 3.52. The fraction of sp³-hybridized carbons (Fsp3) is 0.154. The third-order valence-corrected chi connectivity index (χ3v) is 5.74. The summed E-state index contributed by atoms with van der Waals surface area (Å²) in [7, 11) is 3.01. The van der Waals surface area contributed by atoms with Gasteiger partial charge in [-0.3, -0.25) is 4.79 Å². The predicted molar refractivity (Wildman–Crippen MR) is 137 cm³/mol. The van der Waals surface area contributed by atoms with Gasteiger partial charge in [-0.2, -0.15) is 5.10 Å². The first-order valence-corrected chi connectivity index (χ1v) is 11.3. The van der Waals surface area contributed by atoms with Gasteiger partial charge in [0.15, 0.2) is 11.5 Å². The molecule has 2 N–H and O–H groups in total. The maximum Gasteiger partial charge on any atom is 0.350 e. The van der Waals surface area contributed by atoms with Gasteiger partial charge in [-0.15, -0.1) is 4.68 Å². The van der Waals surface area contributed by atoms with Gasteiger partial charge in [-0.25, -0.2) is 9.59 Å². The van der Waals surface area contributed by atoms with Crippen LogP contribution in [0.3, 0.4) is 0 Å². The van der Waals surface area contributed by atoms with Crippen LogP contribution in [-0.4, -0.2) is 47.7 Å². The van der Waals surface area contributed by atoms with Crippen molar-refractivity contribution in [2.75, 3.05) is 20.8 Å². The van der Waals surface area contributed by atoms with Crippen molar-refractivity contribution in [3.05, 3.63) is 80.7 Å². The largest absolute Gasteiger partial charge is 0.493 e. The number of ether oxygens (including phenoxy) is 3. The van der Waals surface area contributed by atoms with Crippen LogP contribution in [0.2, 0.25) is 0 Å². The van der Waals surface area contributed by atoms with E-state index in [0.29, 0.717) is 56.3 Å². The molecule has 11 heteroatoms. The second-order valence-corrected chi connectivity index (χ2v) is 7.92.